The molecule has 1 aromatic rings. The molecule has 0 aliphatic heterocycles. The number of rotatable bonds is 8. The van der Waals surface area contributed by atoms with Gasteiger partial charge in [0.25, 0.3) is 0 Å². The van der Waals surface area contributed by atoms with Crippen molar-refractivity contribution in [3.63, 3.8) is 0 Å². The Balaban J connectivity index is 2.54. The topological polar surface area (TPSA) is 51.4 Å². The predicted octanol–water partition coefficient (Wildman–Crippen LogP) is 2.21. The van der Waals surface area contributed by atoms with Gasteiger partial charge in [-0.15, -0.1) is 0 Å². The molecule has 1 aromatic heterocycles. The molecule has 0 spiro atoms. The Morgan fingerprint density at radius 2 is 2.00 bits per heavy atom. The van der Waals surface area contributed by atoms with Crippen molar-refractivity contribution in [2.75, 3.05) is 26.2 Å². The van der Waals surface area contributed by atoms with Crippen molar-refractivity contribution >= 4 is 0 Å². The Morgan fingerprint density at radius 1 is 1.28 bits per heavy atom. The zero-order chi connectivity index (χ0) is 13.4. The average Bonchev–Trinajstić information content (AvgIpc) is 2.40. The molecule has 0 fully saturated rings. The lowest BCUT2D eigenvalue weighted by atomic mass is 10.1. The van der Waals surface area contributed by atoms with E-state index < -0.39 is 0 Å². The van der Waals surface area contributed by atoms with Crippen molar-refractivity contribution < 1.29 is 4.74 Å². The van der Waals surface area contributed by atoms with E-state index in [-0.39, 0.29) is 6.04 Å². The van der Waals surface area contributed by atoms with Gasteiger partial charge in [-0.25, -0.2) is 0 Å². The molecule has 18 heavy (non-hydrogen) atoms. The first-order valence-electron chi connectivity index (χ1n) is 6.76. The van der Waals surface area contributed by atoms with Gasteiger partial charge in [-0.3, -0.25) is 4.98 Å². The van der Waals surface area contributed by atoms with Crippen LogP contribution in [0.4, 0.5) is 0 Å². The Bertz CT molecular complexity index is 340. The molecule has 0 radical (unpaired) electrons. The van der Waals surface area contributed by atoms with Crippen molar-refractivity contribution in [1.29, 1.82) is 0 Å². The first kappa shape index (κ1) is 14.9. The maximum atomic E-state index is 6.20. The second-order valence-electron chi connectivity index (χ2n) is 4.31. The summed E-state index contributed by atoms with van der Waals surface area (Å²) < 4.78 is 5.44. The van der Waals surface area contributed by atoms with E-state index in [1.165, 1.54) is 0 Å². The second kappa shape index (κ2) is 8.06. The van der Waals surface area contributed by atoms with Gasteiger partial charge >= 0.3 is 0 Å². The maximum Gasteiger partial charge on any atom is 0.137 e. The van der Waals surface area contributed by atoms with E-state index in [0.717, 1.165) is 37.4 Å². The largest absolute Gasteiger partial charge is 0.492 e. The van der Waals surface area contributed by atoms with E-state index in [4.69, 9.17) is 10.5 Å². The molecule has 0 bridgehead atoms. The molecular weight excluding hydrogens is 226 g/mol. The van der Waals surface area contributed by atoms with Crippen LogP contribution in [0.3, 0.4) is 0 Å². The van der Waals surface area contributed by atoms with Gasteiger partial charge in [-0.05, 0) is 44.6 Å². The predicted molar refractivity (Wildman–Crippen MR) is 74.7 cm³/mol. The van der Waals surface area contributed by atoms with E-state index >= 15 is 0 Å². The summed E-state index contributed by atoms with van der Waals surface area (Å²) >= 11 is 0. The third kappa shape index (κ3) is 4.63. The van der Waals surface area contributed by atoms with Crippen LogP contribution in [-0.4, -0.2) is 36.1 Å². The SMILES string of the molecule is CCOc1cncc(C(N)CCN(CC)CC)c1. The average molecular weight is 251 g/mol. The van der Waals surface area contributed by atoms with Crippen LogP contribution in [0.2, 0.25) is 0 Å². The van der Waals surface area contributed by atoms with Crippen LogP contribution in [0.15, 0.2) is 18.5 Å². The van der Waals surface area contributed by atoms with Crippen molar-refractivity contribution in [2.24, 2.45) is 5.73 Å². The Morgan fingerprint density at radius 3 is 2.61 bits per heavy atom. The standard InChI is InChI=1S/C14H25N3O/c1-4-17(5-2)8-7-14(15)12-9-13(18-6-3)11-16-10-12/h9-11,14H,4-8,15H2,1-3H3. The van der Waals surface area contributed by atoms with Crippen LogP contribution < -0.4 is 10.5 Å². The molecule has 4 nitrogen and oxygen atoms in total. The fourth-order valence-corrected chi connectivity index (χ4v) is 1.91. The quantitative estimate of drug-likeness (QED) is 0.769. The van der Waals surface area contributed by atoms with Crippen LogP contribution in [0.5, 0.6) is 5.75 Å². The third-order valence-corrected chi connectivity index (χ3v) is 3.12. The van der Waals surface area contributed by atoms with Crippen LogP contribution in [0, 0.1) is 0 Å². The van der Waals surface area contributed by atoms with Gasteiger partial charge in [0, 0.05) is 12.2 Å². The monoisotopic (exact) mass is 251 g/mol. The molecule has 0 aliphatic carbocycles. The Hall–Kier alpha value is -1.13. The van der Waals surface area contributed by atoms with E-state index in [2.05, 4.69) is 23.7 Å². The minimum Gasteiger partial charge on any atom is -0.492 e. The molecule has 1 heterocycles. The summed E-state index contributed by atoms with van der Waals surface area (Å²) in [6.45, 7) is 10.1. The minimum absolute atomic E-state index is 0.0264. The first-order chi connectivity index (χ1) is 8.71. The van der Waals surface area contributed by atoms with Gasteiger partial charge in [-0.1, -0.05) is 13.8 Å². The third-order valence-electron chi connectivity index (χ3n) is 3.12. The summed E-state index contributed by atoms with van der Waals surface area (Å²) in [4.78, 5) is 6.55. The lowest BCUT2D eigenvalue weighted by molar-refractivity contribution is 0.290. The maximum absolute atomic E-state index is 6.20. The van der Waals surface area contributed by atoms with E-state index in [9.17, 15) is 0 Å². The lowest BCUT2D eigenvalue weighted by Crippen LogP contribution is -2.27. The molecule has 102 valence electrons. The van der Waals surface area contributed by atoms with Gasteiger partial charge in [0.2, 0.25) is 0 Å². The molecule has 0 aliphatic rings. The number of pyridine rings is 1. The van der Waals surface area contributed by atoms with Gasteiger partial charge < -0.3 is 15.4 Å². The van der Waals surface area contributed by atoms with E-state index in [0.29, 0.717) is 6.61 Å². The summed E-state index contributed by atoms with van der Waals surface area (Å²) in [6.07, 6.45) is 4.50. The summed E-state index contributed by atoms with van der Waals surface area (Å²) in [7, 11) is 0. The summed E-state index contributed by atoms with van der Waals surface area (Å²) in [5.41, 5.74) is 7.24. The summed E-state index contributed by atoms with van der Waals surface area (Å²) in [6, 6.07) is 2.02. The first-order valence-corrected chi connectivity index (χ1v) is 6.76. The number of nitrogens with zero attached hydrogens (tertiary/aromatic N) is 2. The van der Waals surface area contributed by atoms with E-state index in [1.54, 1.807) is 6.20 Å². The molecule has 0 aromatic carbocycles. The summed E-state index contributed by atoms with van der Waals surface area (Å²) in [5, 5.41) is 0. The smallest absolute Gasteiger partial charge is 0.137 e. The highest BCUT2D eigenvalue weighted by Crippen LogP contribution is 2.18. The second-order valence-corrected chi connectivity index (χ2v) is 4.31. The number of nitrogens with two attached hydrogens (primary N) is 1. The zero-order valence-electron chi connectivity index (χ0n) is 11.7. The normalized spacial score (nSPS) is 12.7. The van der Waals surface area contributed by atoms with Crippen LogP contribution >= 0.6 is 0 Å². The Kier molecular flexibility index (Phi) is 6.68. The molecule has 1 atom stereocenters. The summed E-state index contributed by atoms with van der Waals surface area (Å²) in [5.74, 6) is 0.799. The Labute approximate surface area is 110 Å². The van der Waals surface area contributed by atoms with Crippen molar-refractivity contribution in [2.45, 2.75) is 33.2 Å². The lowest BCUT2D eigenvalue weighted by Gasteiger charge is -2.20. The fraction of sp³-hybridized carbons (Fsp3) is 0.643. The molecule has 1 unspecified atom stereocenters. The van der Waals surface area contributed by atoms with Crippen molar-refractivity contribution in [3.05, 3.63) is 24.0 Å². The van der Waals surface area contributed by atoms with Crippen LogP contribution in [0.1, 0.15) is 38.8 Å². The highest BCUT2D eigenvalue weighted by molar-refractivity contribution is 5.25. The molecule has 2 N–H and O–H groups in total. The van der Waals surface area contributed by atoms with Crippen molar-refractivity contribution in [1.82, 2.24) is 9.88 Å². The van der Waals surface area contributed by atoms with Gasteiger partial charge in [0.05, 0.1) is 12.8 Å². The highest BCUT2D eigenvalue weighted by atomic mass is 16.5. The van der Waals surface area contributed by atoms with Crippen LogP contribution in [0.25, 0.3) is 0 Å². The van der Waals surface area contributed by atoms with Gasteiger partial charge in [0.15, 0.2) is 0 Å². The molecule has 0 saturated carbocycles. The van der Waals surface area contributed by atoms with Crippen LogP contribution in [-0.2, 0) is 0 Å². The zero-order valence-corrected chi connectivity index (χ0v) is 11.7. The molecule has 4 heteroatoms. The highest BCUT2D eigenvalue weighted by Gasteiger charge is 2.09. The van der Waals surface area contributed by atoms with Gasteiger partial charge in [-0.2, -0.15) is 0 Å². The number of aromatic nitrogens is 1. The minimum atomic E-state index is 0.0264. The number of hydrogen-bond acceptors (Lipinski definition) is 4. The molecule has 0 saturated heterocycles. The van der Waals surface area contributed by atoms with Gasteiger partial charge in [0.1, 0.15) is 5.75 Å². The number of ether oxygens (including phenoxy) is 1. The number of hydrogen-bond donors (Lipinski definition) is 1. The van der Waals surface area contributed by atoms with Crippen molar-refractivity contribution in [3.8, 4) is 5.75 Å². The molecule has 0 amide bonds. The molecular formula is C14H25N3O. The molecule has 1 rings (SSSR count). The van der Waals surface area contributed by atoms with E-state index in [1.807, 2.05) is 19.2 Å². The fourth-order valence-electron chi connectivity index (χ4n) is 1.91.